The van der Waals surface area contributed by atoms with Crippen LogP contribution in [0.1, 0.15) is 38.8 Å². The molecule has 24 heavy (non-hydrogen) atoms. The highest BCUT2D eigenvalue weighted by molar-refractivity contribution is 5.89. The SMILES string of the molecule is CC(C)(C)OC(=O)N[C@H](CCO)c1ccc(N2CCOC2=O)cc1. The van der Waals surface area contributed by atoms with Gasteiger partial charge in [-0.05, 0) is 44.9 Å². The summed E-state index contributed by atoms with van der Waals surface area (Å²) in [5.74, 6) is 0. The van der Waals surface area contributed by atoms with Crippen molar-refractivity contribution in [3.8, 4) is 0 Å². The van der Waals surface area contributed by atoms with E-state index in [0.717, 1.165) is 11.3 Å². The summed E-state index contributed by atoms with van der Waals surface area (Å²) in [6.07, 6.45) is -0.528. The van der Waals surface area contributed by atoms with Crippen molar-refractivity contribution in [3.63, 3.8) is 0 Å². The average Bonchev–Trinajstić information content (AvgIpc) is 2.91. The van der Waals surface area contributed by atoms with Gasteiger partial charge in [0, 0.05) is 12.3 Å². The summed E-state index contributed by atoms with van der Waals surface area (Å²) >= 11 is 0. The summed E-state index contributed by atoms with van der Waals surface area (Å²) in [7, 11) is 0. The fraction of sp³-hybridized carbons (Fsp3) is 0.529. The van der Waals surface area contributed by atoms with Crippen molar-refractivity contribution in [3.05, 3.63) is 29.8 Å². The van der Waals surface area contributed by atoms with Crippen LogP contribution in [0.25, 0.3) is 0 Å². The first-order valence-corrected chi connectivity index (χ1v) is 7.95. The Hall–Kier alpha value is -2.28. The molecule has 1 atom stereocenters. The lowest BCUT2D eigenvalue weighted by Crippen LogP contribution is -2.35. The summed E-state index contributed by atoms with van der Waals surface area (Å²) in [6.45, 7) is 6.20. The van der Waals surface area contributed by atoms with Crippen molar-refractivity contribution in [2.45, 2.75) is 38.8 Å². The van der Waals surface area contributed by atoms with E-state index in [1.165, 1.54) is 0 Å². The van der Waals surface area contributed by atoms with Crippen LogP contribution < -0.4 is 10.2 Å². The first-order valence-electron chi connectivity index (χ1n) is 7.95. The normalized spacial score (nSPS) is 15.8. The molecule has 7 heteroatoms. The van der Waals surface area contributed by atoms with Gasteiger partial charge in [0.05, 0.1) is 12.6 Å². The van der Waals surface area contributed by atoms with E-state index < -0.39 is 11.7 Å². The summed E-state index contributed by atoms with van der Waals surface area (Å²) in [5, 5.41) is 12.0. The second-order valence-electron chi connectivity index (χ2n) is 6.57. The number of rotatable bonds is 5. The molecule has 132 valence electrons. The van der Waals surface area contributed by atoms with E-state index in [0.29, 0.717) is 19.6 Å². The van der Waals surface area contributed by atoms with Gasteiger partial charge in [0.25, 0.3) is 0 Å². The summed E-state index contributed by atoms with van der Waals surface area (Å²) in [5.41, 5.74) is 0.973. The molecule has 1 aliphatic rings. The standard InChI is InChI=1S/C17H24N2O5/c1-17(2,3)24-15(21)18-14(8-10-20)12-4-6-13(7-5-12)19-9-11-23-16(19)22/h4-7,14,20H,8-11H2,1-3H3,(H,18,21)/t14-/m1/s1. The zero-order valence-corrected chi connectivity index (χ0v) is 14.2. The lowest BCUT2D eigenvalue weighted by molar-refractivity contribution is 0.0496. The van der Waals surface area contributed by atoms with Gasteiger partial charge in [-0.15, -0.1) is 0 Å². The molecule has 1 aromatic rings. The van der Waals surface area contributed by atoms with E-state index in [9.17, 15) is 14.7 Å². The Bertz CT molecular complexity index is 580. The molecule has 2 rings (SSSR count). The van der Waals surface area contributed by atoms with Gasteiger partial charge in [-0.25, -0.2) is 9.59 Å². The number of aliphatic hydroxyl groups is 1. The molecule has 0 aliphatic carbocycles. The monoisotopic (exact) mass is 336 g/mol. The maximum Gasteiger partial charge on any atom is 0.414 e. The summed E-state index contributed by atoms with van der Waals surface area (Å²) in [4.78, 5) is 25.1. The van der Waals surface area contributed by atoms with Gasteiger partial charge in [0.15, 0.2) is 0 Å². The van der Waals surface area contributed by atoms with Gasteiger partial charge < -0.3 is 19.9 Å². The van der Waals surface area contributed by atoms with Crippen LogP contribution in [-0.4, -0.2) is 42.7 Å². The van der Waals surface area contributed by atoms with Crippen LogP contribution in [0.4, 0.5) is 15.3 Å². The van der Waals surface area contributed by atoms with E-state index in [2.05, 4.69) is 5.32 Å². The molecule has 1 aromatic carbocycles. The number of carbonyl (C=O) groups is 2. The third kappa shape index (κ3) is 4.86. The lowest BCUT2D eigenvalue weighted by Gasteiger charge is -2.24. The summed E-state index contributed by atoms with van der Waals surface area (Å²) < 4.78 is 10.2. The molecule has 0 spiro atoms. The molecule has 0 saturated carbocycles. The molecular weight excluding hydrogens is 312 g/mol. The number of amides is 2. The Labute approximate surface area is 141 Å². The predicted octanol–water partition coefficient (Wildman–Crippen LogP) is 2.59. The topological polar surface area (TPSA) is 88.1 Å². The fourth-order valence-corrected chi connectivity index (χ4v) is 2.42. The zero-order valence-electron chi connectivity index (χ0n) is 14.2. The smallest absolute Gasteiger partial charge is 0.414 e. The van der Waals surface area contributed by atoms with Crippen molar-refractivity contribution in [1.29, 1.82) is 0 Å². The second kappa shape index (κ2) is 7.53. The molecule has 2 amide bonds. The Kier molecular flexibility index (Phi) is 5.66. The minimum Gasteiger partial charge on any atom is -0.447 e. The number of hydrogen-bond donors (Lipinski definition) is 2. The number of nitrogens with one attached hydrogen (secondary N) is 1. The van der Waals surface area contributed by atoms with Crippen LogP contribution in [0.2, 0.25) is 0 Å². The number of cyclic esters (lactones) is 1. The molecule has 0 aromatic heterocycles. The fourth-order valence-electron chi connectivity index (χ4n) is 2.42. The molecule has 0 bridgehead atoms. The number of aliphatic hydroxyl groups excluding tert-OH is 1. The highest BCUT2D eigenvalue weighted by atomic mass is 16.6. The Morgan fingerprint density at radius 3 is 2.54 bits per heavy atom. The number of benzene rings is 1. The molecule has 1 saturated heterocycles. The minimum atomic E-state index is -0.589. The van der Waals surface area contributed by atoms with E-state index in [1.54, 1.807) is 37.8 Å². The molecule has 1 aliphatic heterocycles. The molecular formula is C17H24N2O5. The van der Waals surface area contributed by atoms with Crippen molar-refractivity contribution in [2.24, 2.45) is 0 Å². The van der Waals surface area contributed by atoms with Gasteiger partial charge >= 0.3 is 12.2 Å². The number of carbonyl (C=O) groups excluding carboxylic acids is 2. The van der Waals surface area contributed by atoms with Gasteiger partial charge in [-0.1, -0.05) is 12.1 Å². The first-order chi connectivity index (χ1) is 11.3. The molecule has 2 N–H and O–H groups in total. The number of alkyl carbamates (subject to hydrolysis) is 1. The maximum absolute atomic E-state index is 12.0. The van der Waals surface area contributed by atoms with Crippen LogP contribution in [0.15, 0.2) is 24.3 Å². The van der Waals surface area contributed by atoms with Crippen molar-refractivity contribution >= 4 is 17.9 Å². The first kappa shape index (κ1) is 18.1. The maximum atomic E-state index is 12.0. The van der Waals surface area contributed by atoms with Crippen molar-refractivity contribution < 1.29 is 24.2 Å². The Morgan fingerprint density at radius 2 is 2.04 bits per heavy atom. The molecule has 7 nitrogen and oxygen atoms in total. The van der Waals surface area contributed by atoms with E-state index >= 15 is 0 Å². The van der Waals surface area contributed by atoms with Crippen LogP contribution in [0, 0.1) is 0 Å². The van der Waals surface area contributed by atoms with Crippen LogP contribution in [-0.2, 0) is 9.47 Å². The minimum absolute atomic E-state index is 0.0688. The van der Waals surface area contributed by atoms with Gasteiger partial charge in [-0.2, -0.15) is 0 Å². The van der Waals surface area contributed by atoms with E-state index in [1.807, 2.05) is 12.1 Å². The second-order valence-corrected chi connectivity index (χ2v) is 6.57. The van der Waals surface area contributed by atoms with Gasteiger partial charge in [0.2, 0.25) is 0 Å². The van der Waals surface area contributed by atoms with E-state index in [-0.39, 0.29) is 18.7 Å². The number of hydrogen-bond acceptors (Lipinski definition) is 5. The largest absolute Gasteiger partial charge is 0.447 e. The highest BCUT2D eigenvalue weighted by Crippen LogP contribution is 2.23. The zero-order chi connectivity index (χ0) is 17.7. The lowest BCUT2D eigenvalue weighted by atomic mass is 10.0. The number of anilines is 1. The van der Waals surface area contributed by atoms with Crippen LogP contribution in [0.3, 0.4) is 0 Å². The molecule has 0 radical (unpaired) electrons. The molecule has 1 heterocycles. The number of nitrogens with zero attached hydrogens (tertiary/aromatic N) is 1. The number of ether oxygens (including phenoxy) is 2. The van der Waals surface area contributed by atoms with Gasteiger partial charge in [0.1, 0.15) is 12.2 Å². The highest BCUT2D eigenvalue weighted by Gasteiger charge is 2.24. The Balaban J connectivity index is 2.07. The van der Waals surface area contributed by atoms with E-state index in [4.69, 9.17) is 9.47 Å². The Morgan fingerprint density at radius 1 is 1.38 bits per heavy atom. The summed E-state index contributed by atoms with van der Waals surface area (Å²) in [6, 6.07) is 6.85. The molecule has 0 unspecified atom stereocenters. The predicted molar refractivity (Wildman–Crippen MR) is 88.9 cm³/mol. The van der Waals surface area contributed by atoms with Crippen molar-refractivity contribution in [2.75, 3.05) is 24.7 Å². The third-order valence-electron chi connectivity index (χ3n) is 3.48. The van der Waals surface area contributed by atoms with Crippen molar-refractivity contribution in [1.82, 2.24) is 5.32 Å². The third-order valence-corrected chi connectivity index (χ3v) is 3.48. The molecule has 1 fully saturated rings. The van der Waals surface area contributed by atoms with Gasteiger partial charge in [-0.3, -0.25) is 4.90 Å². The van der Waals surface area contributed by atoms with Crippen LogP contribution in [0.5, 0.6) is 0 Å². The average molecular weight is 336 g/mol. The van der Waals surface area contributed by atoms with Crippen LogP contribution >= 0.6 is 0 Å². The quantitative estimate of drug-likeness (QED) is 0.863.